The topological polar surface area (TPSA) is 92.0 Å². The molecule has 0 radical (unpaired) electrons. The fourth-order valence-electron chi connectivity index (χ4n) is 5.90. The molecule has 8 nitrogen and oxygen atoms in total. The molecule has 2 saturated heterocycles. The van der Waals surface area contributed by atoms with Crippen molar-refractivity contribution < 1.29 is 9.59 Å². The number of nitrogens with one attached hydrogen (secondary N) is 1. The van der Waals surface area contributed by atoms with Crippen molar-refractivity contribution in [3.8, 4) is 6.07 Å². The molecule has 0 spiro atoms. The molecule has 214 valence electrons. The molecule has 1 aliphatic carbocycles. The molecule has 0 atom stereocenters. The standard InChI is InChI=1S/C31H41BrN6O2/c1-2-28(32)30(34-15-12-29(39)35-23-25-6-4-3-5-7-25)37-20-18-36(19-21-37)27-13-16-38(17-14-27)31(40)26-10-8-24(22-33)9-11-26/h2,8-12,15,25,27H,3-7,13-14,16-21,23H2,1H3,(H,35,39)/b15-12+,28-2+,34-30+. The van der Waals surface area contributed by atoms with Gasteiger partial charge in [-0.3, -0.25) is 14.5 Å². The largest absolute Gasteiger partial charge is 0.353 e. The summed E-state index contributed by atoms with van der Waals surface area (Å²) in [4.78, 5) is 36.6. The molecule has 9 heteroatoms. The second kappa shape index (κ2) is 15.2. The predicted molar refractivity (Wildman–Crippen MR) is 162 cm³/mol. The first kappa shape index (κ1) is 30.0. The van der Waals surface area contributed by atoms with Crippen molar-refractivity contribution in [3.63, 3.8) is 0 Å². The zero-order valence-electron chi connectivity index (χ0n) is 23.5. The predicted octanol–water partition coefficient (Wildman–Crippen LogP) is 4.69. The van der Waals surface area contributed by atoms with Gasteiger partial charge < -0.3 is 15.1 Å². The van der Waals surface area contributed by atoms with Crippen LogP contribution in [-0.2, 0) is 4.79 Å². The molecular formula is C31H41BrN6O2. The number of amides is 2. The Morgan fingerprint density at radius 3 is 2.30 bits per heavy atom. The van der Waals surface area contributed by atoms with Gasteiger partial charge >= 0.3 is 0 Å². The minimum atomic E-state index is -0.0842. The average molecular weight is 610 g/mol. The minimum Gasteiger partial charge on any atom is -0.353 e. The number of amidine groups is 1. The maximum absolute atomic E-state index is 12.9. The van der Waals surface area contributed by atoms with Gasteiger partial charge in [-0.1, -0.05) is 25.3 Å². The van der Waals surface area contributed by atoms with Crippen LogP contribution in [0.2, 0.25) is 0 Å². The maximum Gasteiger partial charge on any atom is 0.253 e. The smallest absolute Gasteiger partial charge is 0.253 e. The Morgan fingerprint density at radius 2 is 1.68 bits per heavy atom. The molecule has 1 saturated carbocycles. The van der Waals surface area contributed by atoms with Crippen LogP contribution >= 0.6 is 15.9 Å². The molecule has 4 rings (SSSR count). The highest BCUT2D eigenvalue weighted by molar-refractivity contribution is 9.12. The van der Waals surface area contributed by atoms with E-state index in [4.69, 9.17) is 5.26 Å². The van der Waals surface area contributed by atoms with Crippen molar-refractivity contribution >= 4 is 33.6 Å². The van der Waals surface area contributed by atoms with E-state index in [-0.39, 0.29) is 11.8 Å². The van der Waals surface area contributed by atoms with Crippen molar-refractivity contribution in [2.75, 3.05) is 45.8 Å². The summed E-state index contributed by atoms with van der Waals surface area (Å²) in [5, 5.41) is 12.0. The molecule has 3 fully saturated rings. The van der Waals surface area contributed by atoms with Crippen molar-refractivity contribution in [3.05, 3.63) is 58.2 Å². The van der Waals surface area contributed by atoms with E-state index < -0.39 is 0 Å². The van der Waals surface area contributed by atoms with E-state index in [0.717, 1.165) is 69.0 Å². The number of hydrogen-bond acceptors (Lipinski definition) is 5. The quantitative estimate of drug-likeness (QED) is 0.275. The van der Waals surface area contributed by atoms with Crippen molar-refractivity contribution in [2.24, 2.45) is 10.9 Å². The lowest BCUT2D eigenvalue weighted by atomic mass is 9.89. The molecule has 1 aromatic rings. The second-order valence-electron chi connectivity index (χ2n) is 10.9. The van der Waals surface area contributed by atoms with Gasteiger partial charge in [-0.2, -0.15) is 5.26 Å². The number of benzene rings is 1. The number of halogens is 1. The highest BCUT2D eigenvalue weighted by atomic mass is 79.9. The van der Waals surface area contributed by atoms with Gasteiger partial charge in [-0.05, 0) is 78.7 Å². The van der Waals surface area contributed by atoms with Crippen LogP contribution in [0.15, 0.2) is 52.1 Å². The van der Waals surface area contributed by atoms with E-state index in [1.54, 1.807) is 30.5 Å². The SMILES string of the molecule is C\C=C(Br)/C(=N\C=C\C(=O)NCC1CCCCC1)N1CCN(C2CCN(C(=O)c3ccc(C#N)cc3)CC2)CC1. The lowest BCUT2D eigenvalue weighted by Crippen LogP contribution is -2.54. The molecule has 2 heterocycles. The molecule has 2 aliphatic heterocycles. The summed E-state index contributed by atoms with van der Waals surface area (Å²) in [5.41, 5.74) is 1.21. The number of nitrogens with zero attached hydrogens (tertiary/aromatic N) is 5. The number of hydrogen-bond donors (Lipinski definition) is 1. The number of piperidine rings is 1. The average Bonchev–Trinajstić information content (AvgIpc) is 3.02. The molecule has 2 amide bonds. The van der Waals surface area contributed by atoms with Gasteiger partial charge in [-0.25, -0.2) is 4.99 Å². The van der Waals surface area contributed by atoms with E-state index in [1.807, 2.05) is 17.9 Å². The third-order valence-electron chi connectivity index (χ3n) is 8.32. The Morgan fingerprint density at radius 1 is 1.00 bits per heavy atom. The fourth-order valence-corrected chi connectivity index (χ4v) is 6.25. The number of allylic oxidation sites excluding steroid dienone is 1. The van der Waals surface area contributed by atoms with Crippen LogP contribution in [0.3, 0.4) is 0 Å². The maximum atomic E-state index is 12.9. The summed E-state index contributed by atoms with van der Waals surface area (Å²) in [6.07, 6.45) is 13.3. The third-order valence-corrected chi connectivity index (χ3v) is 9.13. The van der Waals surface area contributed by atoms with Crippen molar-refractivity contribution in [1.29, 1.82) is 5.26 Å². The summed E-state index contributed by atoms with van der Waals surface area (Å²) >= 11 is 3.66. The number of rotatable bonds is 7. The summed E-state index contributed by atoms with van der Waals surface area (Å²) in [6, 6.07) is 9.45. The van der Waals surface area contributed by atoms with Crippen LogP contribution in [0.5, 0.6) is 0 Å². The van der Waals surface area contributed by atoms with Crippen molar-refractivity contribution in [1.82, 2.24) is 20.0 Å². The van der Waals surface area contributed by atoms with Crippen LogP contribution < -0.4 is 5.32 Å². The third kappa shape index (κ3) is 8.28. The van der Waals surface area contributed by atoms with E-state index >= 15 is 0 Å². The second-order valence-corrected chi connectivity index (χ2v) is 11.7. The normalized spacial score (nSPS) is 20.5. The Balaban J connectivity index is 1.24. The monoisotopic (exact) mass is 608 g/mol. The Labute approximate surface area is 246 Å². The van der Waals surface area contributed by atoms with Gasteiger partial charge in [0.1, 0.15) is 5.84 Å². The van der Waals surface area contributed by atoms with Gasteiger partial charge in [0.15, 0.2) is 0 Å². The summed E-state index contributed by atoms with van der Waals surface area (Å²) in [6.45, 7) is 7.79. The van der Waals surface area contributed by atoms with Crippen LogP contribution in [0.4, 0.5) is 0 Å². The molecular weight excluding hydrogens is 568 g/mol. The van der Waals surface area contributed by atoms with Crippen LogP contribution in [-0.4, -0.2) is 84.2 Å². The number of likely N-dealkylation sites (tertiary alicyclic amines) is 1. The first-order chi connectivity index (χ1) is 19.5. The molecule has 0 aromatic heterocycles. The van der Waals surface area contributed by atoms with Crippen LogP contribution in [0.1, 0.15) is 67.8 Å². The first-order valence-electron chi connectivity index (χ1n) is 14.6. The van der Waals surface area contributed by atoms with E-state index in [2.05, 4.69) is 42.1 Å². The molecule has 1 aromatic carbocycles. The van der Waals surface area contributed by atoms with Crippen LogP contribution in [0.25, 0.3) is 0 Å². The van der Waals surface area contributed by atoms with Gasteiger partial charge in [0, 0.05) is 69.7 Å². The molecule has 0 bridgehead atoms. The molecule has 40 heavy (non-hydrogen) atoms. The first-order valence-corrected chi connectivity index (χ1v) is 15.4. The summed E-state index contributed by atoms with van der Waals surface area (Å²) < 4.78 is 0.919. The summed E-state index contributed by atoms with van der Waals surface area (Å²) in [5.74, 6) is 1.41. The molecule has 0 unspecified atom stereocenters. The number of carbonyl (C=O) groups excluding carboxylic acids is 2. The zero-order chi connectivity index (χ0) is 28.3. The fraction of sp³-hybridized carbons (Fsp3) is 0.548. The molecule has 1 N–H and O–H groups in total. The number of aliphatic imine (C=N–C) groups is 1. The number of piperazine rings is 1. The number of nitriles is 1. The van der Waals surface area contributed by atoms with E-state index in [0.29, 0.717) is 23.1 Å². The Kier molecular flexibility index (Phi) is 11.4. The van der Waals surface area contributed by atoms with E-state index in [1.165, 1.54) is 38.2 Å². The number of carbonyl (C=O) groups is 2. The Hall–Kier alpha value is -2.96. The highest BCUT2D eigenvalue weighted by Gasteiger charge is 2.30. The van der Waals surface area contributed by atoms with Gasteiger partial charge in [0.25, 0.3) is 5.91 Å². The Bertz CT molecular complexity index is 1130. The highest BCUT2D eigenvalue weighted by Crippen LogP contribution is 2.23. The summed E-state index contributed by atoms with van der Waals surface area (Å²) in [7, 11) is 0. The van der Waals surface area contributed by atoms with Crippen LogP contribution in [0, 0.1) is 17.2 Å². The minimum absolute atomic E-state index is 0.0422. The lowest BCUT2D eigenvalue weighted by Gasteiger charge is -2.43. The zero-order valence-corrected chi connectivity index (χ0v) is 25.1. The van der Waals surface area contributed by atoms with Gasteiger partial charge in [0.2, 0.25) is 5.91 Å². The van der Waals surface area contributed by atoms with E-state index in [9.17, 15) is 9.59 Å². The van der Waals surface area contributed by atoms with Gasteiger partial charge in [0.05, 0.1) is 16.1 Å². The van der Waals surface area contributed by atoms with Gasteiger partial charge in [-0.15, -0.1) is 0 Å². The lowest BCUT2D eigenvalue weighted by molar-refractivity contribution is -0.116. The molecule has 3 aliphatic rings. The van der Waals surface area contributed by atoms with Crippen molar-refractivity contribution in [2.45, 2.75) is 57.9 Å².